The van der Waals surface area contributed by atoms with Gasteiger partial charge in [-0.3, -0.25) is 0 Å². The molecule has 0 amide bonds. The number of rotatable bonds is 1. The Morgan fingerprint density at radius 1 is 1.21 bits per heavy atom. The molecule has 24 heavy (non-hydrogen) atoms. The summed E-state index contributed by atoms with van der Waals surface area (Å²) in [7, 11) is 0. The van der Waals surface area contributed by atoms with Crippen molar-refractivity contribution < 1.29 is 0 Å². The smallest absolute Gasteiger partial charge is 0.191 e. The normalized spacial score (nSPS) is 24.8. The lowest BCUT2D eigenvalue weighted by atomic mass is 9.57. The second-order valence-electron chi connectivity index (χ2n) is 6.16. The van der Waals surface area contributed by atoms with E-state index in [-0.39, 0.29) is 11.6 Å². The molecule has 5 heteroatoms. The third-order valence-corrected chi connectivity index (χ3v) is 5.24. The summed E-state index contributed by atoms with van der Waals surface area (Å²) >= 11 is 6.14. The summed E-state index contributed by atoms with van der Waals surface area (Å²) in [6.45, 7) is 0. The second kappa shape index (κ2) is 6.04. The van der Waals surface area contributed by atoms with Crippen molar-refractivity contribution in [3.8, 4) is 18.2 Å². The molecule has 2 aliphatic rings. The van der Waals surface area contributed by atoms with Gasteiger partial charge in [0.15, 0.2) is 5.41 Å². The molecule has 2 aliphatic carbocycles. The van der Waals surface area contributed by atoms with E-state index in [1.54, 1.807) is 12.1 Å². The Kier molecular flexibility index (Phi) is 4.06. The van der Waals surface area contributed by atoms with Crippen molar-refractivity contribution in [3.63, 3.8) is 0 Å². The monoisotopic (exact) mass is 334 g/mol. The standard InChI is InChI=1S/C19H15ClN4/c20-13-5-3-4-12(8-13)17-15-7-2-1-6-14(15)16(9-21)18(24)19(17,10-22)11-23/h3-6,8,15,17H,1-2,7,24H2/t15-,17-/m1/s1. The summed E-state index contributed by atoms with van der Waals surface area (Å²) in [6, 6.07) is 13.6. The van der Waals surface area contributed by atoms with Crippen LogP contribution in [0.3, 0.4) is 0 Å². The van der Waals surface area contributed by atoms with E-state index in [2.05, 4.69) is 18.2 Å². The fraction of sp³-hybridized carbons (Fsp3) is 0.316. The predicted molar refractivity (Wildman–Crippen MR) is 90.1 cm³/mol. The van der Waals surface area contributed by atoms with E-state index in [0.717, 1.165) is 30.4 Å². The van der Waals surface area contributed by atoms with Crippen LogP contribution < -0.4 is 5.73 Å². The number of nitriles is 3. The van der Waals surface area contributed by atoms with Crippen molar-refractivity contribution in [1.29, 1.82) is 15.8 Å². The van der Waals surface area contributed by atoms with Crippen molar-refractivity contribution in [2.45, 2.75) is 25.2 Å². The minimum Gasteiger partial charge on any atom is -0.399 e. The topological polar surface area (TPSA) is 97.4 Å². The molecule has 0 unspecified atom stereocenters. The summed E-state index contributed by atoms with van der Waals surface area (Å²) in [6.07, 6.45) is 4.66. The van der Waals surface area contributed by atoms with Crippen molar-refractivity contribution in [1.82, 2.24) is 0 Å². The Labute approximate surface area is 146 Å². The largest absolute Gasteiger partial charge is 0.399 e. The first-order chi connectivity index (χ1) is 11.6. The zero-order chi connectivity index (χ0) is 17.3. The lowest BCUT2D eigenvalue weighted by Crippen LogP contribution is -2.42. The number of halogens is 1. The highest BCUT2D eigenvalue weighted by Gasteiger charge is 2.53. The molecule has 1 aromatic carbocycles. The molecular formula is C19H15ClN4. The number of hydrogen-bond donors (Lipinski definition) is 1. The summed E-state index contributed by atoms with van der Waals surface area (Å²) < 4.78 is 0. The molecule has 0 aliphatic heterocycles. The number of allylic oxidation sites excluding steroid dienone is 4. The minimum absolute atomic E-state index is 0.0596. The van der Waals surface area contributed by atoms with Crippen molar-refractivity contribution in [3.05, 3.63) is 57.8 Å². The molecule has 0 aromatic heterocycles. The number of nitrogens with two attached hydrogens (primary N) is 1. The minimum atomic E-state index is -1.56. The van der Waals surface area contributed by atoms with Crippen LogP contribution >= 0.6 is 11.6 Å². The molecule has 4 nitrogen and oxygen atoms in total. The van der Waals surface area contributed by atoms with Crippen molar-refractivity contribution >= 4 is 11.6 Å². The van der Waals surface area contributed by atoms with Crippen LogP contribution in [-0.4, -0.2) is 0 Å². The molecule has 0 heterocycles. The first-order valence-corrected chi connectivity index (χ1v) is 8.15. The Balaban J connectivity index is 2.34. The Bertz CT molecular complexity index is 862. The van der Waals surface area contributed by atoms with Crippen LogP contribution in [0.15, 0.2) is 47.2 Å². The summed E-state index contributed by atoms with van der Waals surface area (Å²) in [5.74, 6) is -0.520. The first kappa shape index (κ1) is 16.1. The molecule has 0 saturated heterocycles. The molecule has 3 rings (SSSR count). The van der Waals surface area contributed by atoms with Gasteiger partial charge in [0.1, 0.15) is 6.07 Å². The van der Waals surface area contributed by atoms with E-state index in [4.69, 9.17) is 17.3 Å². The molecule has 2 N–H and O–H groups in total. The van der Waals surface area contributed by atoms with E-state index in [1.807, 2.05) is 18.2 Å². The quantitative estimate of drug-likeness (QED) is 0.841. The van der Waals surface area contributed by atoms with Crippen LogP contribution in [-0.2, 0) is 0 Å². The molecule has 2 atom stereocenters. The van der Waals surface area contributed by atoms with Gasteiger partial charge in [-0.25, -0.2) is 0 Å². The maximum absolute atomic E-state index is 9.87. The molecule has 1 aromatic rings. The van der Waals surface area contributed by atoms with E-state index in [1.165, 1.54) is 0 Å². The highest BCUT2D eigenvalue weighted by Crippen LogP contribution is 2.55. The SMILES string of the molecule is N#CC1=C(N)C(C#N)(C#N)[C@H](c2cccc(Cl)c2)[C@@H]2CCCC=C12. The lowest BCUT2D eigenvalue weighted by molar-refractivity contribution is 0.317. The molecule has 0 saturated carbocycles. The average Bonchev–Trinajstić information content (AvgIpc) is 2.61. The molecule has 0 fully saturated rings. The van der Waals surface area contributed by atoms with Crippen LogP contribution in [0.5, 0.6) is 0 Å². The third kappa shape index (κ3) is 2.18. The molecular weight excluding hydrogens is 320 g/mol. The maximum Gasteiger partial charge on any atom is 0.191 e. The van der Waals surface area contributed by atoms with E-state index in [0.29, 0.717) is 10.6 Å². The van der Waals surface area contributed by atoms with Gasteiger partial charge in [0.2, 0.25) is 0 Å². The molecule has 0 bridgehead atoms. The third-order valence-electron chi connectivity index (χ3n) is 5.01. The molecule has 0 radical (unpaired) electrons. The van der Waals surface area contributed by atoms with Gasteiger partial charge in [0.05, 0.1) is 23.4 Å². The molecule has 0 spiro atoms. The van der Waals surface area contributed by atoms with E-state index >= 15 is 0 Å². The second-order valence-corrected chi connectivity index (χ2v) is 6.60. The number of hydrogen-bond acceptors (Lipinski definition) is 4. The van der Waals surface area contributed by atoms with Crippen LogP contribution in [0.2, 0.25) is 5.02 Å². The predicted octanol–water partition coefficient (Wildman–Crippen LogP) is 3.93. The number of fused-ring (bicyclic) bond motifs is 1. The van der Waals surface area contributed by atoms with Gasteiger partial charge in [-0.05, 0) is 48.4 Å². The van der Waals surface area contributed by atoms with Gasteiger partial charge in [0, 0.05) is 10.9 Å². The maximum atomic E-state index is 9.87. The van der Waals surface area contributed by atoms with E-state index in [9.17, 15) is 15.8 Å². The summed E-state index contributed by atoms with van der Waals surface area (Å²) in [4.78, 5) is 0. The fourth-order valence-electron chi connectivity index (χ4n) is 3.95. The van der Waals surface area contributed by atoms with Gasteiger partial charge in [-0.1, -0.05) is 29.8 Å². The fourth-order valence-corrected chi connectivity index (χ4v) is 4.15. The number of benzene rings is 1. The zero-order valence-electron chi connectivity index (χ0n) is 13.0. The zero-order valence-corrected chi connectivity index (χ0v) is 13.7. The van der Waals surface area contributed by atoms with E-state index < -0.39 is 11.3 Å². The van der Waals surface area contributed by atoms with Crippen LogP contribution in [0, 0.1) is 45.3 Å². The highest BCUT2D eigenvalue weighted by molar-refractivity contribution is 6.30. The van der Waals surface area contributed by atoms with Gasteiger partial charge >= 0.3 is 0 Å². The van der Waals surface area contributed by atoms with Gasteiger partial charge in [-0.2, -0.15) is 15.8 Å². The van der Waals surface area contributed by atoms with Crippen molar-refractivity contribution in [2.24, 2.45) is 17.1 Å². The van der Waals surface area contributed by atoms with Gasteiger partial charge in [0.25, 0.3) is 0 Å². The van der Waals surface area contributed by atoms with Gasteiger partial charge in [-0.15, -0.1) is 0 Å². The summed E-state index contributed by atoms with van der Waals surface area (Å²) in [5, 5.41) is 29.8. The number of nitrogens with zero attached hydrogens (tertiary/aromatic N) is 3. The Morgan fingerprint density at radius 2 is 1.96 bits per heavy atom. The van der Waals surface area contributed by atoms with Crippen LogP contribution in [0.4, 0.5) is 0 Å². The Morgan fingerprint density at radius 3 is 2.58 bits per heavy atom. The Hall–Kier alpha value is -2.74. The van der Waals surface area contributed by atoms with Crippen molar-refractivity contribution in [2.75, 3.05) is 0 Å². The van der Waals surface area contributed by atoms with Crippen LogP contribution in [0.1, 0.15) is 30.7 Å². The van der Waals surface area contributed by atoms with Crippen LogP contribution in [0.25, 0.3) is 0 Å². The average molecular weight is 335 g/mol. The molecule has 118 valence electrons. The summed E-state index contributed by atoms with van der Waals surface area (Å²) in [5.41, 5.74) is 6.67. The lowest BCUT2D eigenvalue weighted by Gasteiger charge is -2.43. The highest BCUT2D eigenvalue weighted by atomic mass is 35.5. The first-order valence-electron chi connectivity index (χ1n) is 7.77. The van der Waals surface area contributed by atoms with Gasteiger partial charge < -0.3 is 5.73 Å².